The van der Waals surface area contributed by atoms with Crippen LogP contribution in [0.2, 0.25) is 0 Å². The lowest BCUT2D eigenvalue weighted by Gasteiger charge is -2.26. The molecule has 0 bridgehead atoms. The van der Waals surface area contributed by atoms with E-state index in [0.29, 0.717) is 11.3 Å². The molecule has 1 saturated carbocycles. The predicted molar refractivity (Wildman–Crippen MR) is 105 cm³/mol. The zero-order chi connectivity index (χ0) is 19.4. The molecular weight excluding hydrogens is 346 g/mol. The molecule has 1 aromatic carbocycles. The second-order valence-corrected chi connectivity index (χ2v) is 6.57. The van der Waals surface area contributed by atoms with E-state index in [0.717, 1.165) is 31.1 Å². The fraction of sp³-hybridized carbons (Fsp3) is 0.333. The molecule has 2 aromatic rings. The molecule has 0 spiro atoms. The molecule has 9 nitrogen and oxygen atoms in total. The van der Waals surface area contributed by atoms with E-state index in [9.17, 15) is 4.79 Å². The summed E-state index contributed by atoms with van der Waals surface area (Å²) in [6.07, 6.45) is 5.51. The summed E-state index contributed by atoms with van der Waals surface area (Å²) in [6.45, 7) is 0. The first-order valence-electron chi connectivity index (χ1n) is 8.84. The average Bonchev–Trinajstić information content (AvgIpc) is 3.12. The second kappa shape index (κ2) is 8.00. The Morgan fingerprint density at radius 1 is 1.15 bits per heavy atom. The lowest BCUT2D eigenvalue weighted by molar-refractivity contribution is -0.114. The van der Waals surface area contributed by atoms with Crippen LogP contribution in [0.1, 0.15) is 25.7 Å². The van der Waals surface area contributed by atoms with Gasteiger partial charge in [0.1, 0.15) is 17.1 Å². The van der Waals surface area contributed by atoms with E-state index in [2.05, 4.69) is 15.6 Å². The van der Waals surface area contributed by atoms with Crippen molar-refractivity contribution in [1.29, 1.82) is 0 Å². The highest BCUT2D eigenvalue weighted by atomic mass is 16.3. The number of primary amides is 1. The van der Waals surface area contributed by atoms with Gasteiger partial charge in [0.25, 0.3) is 5.91 Å². The Morgan fingerprint density at radius 2 is 1.93 bits per heavy atom. The van der Waals surface area contributed by atoms with E-state index in [4.69, 9.17) is 27.4 Å². The number of hydrogen-bond acceptors (Lipinski definition) is 6. The van der Waals surface area contributed by atoms with Crippen LogP contribution in [0.4, 0.5) is 5.69 Å². The van der Waals surface area contributed by atoms with Crippen molar-refractivity contribution in [2.45, 2.75) is 37.8 Å². The SMILES string of the molecule is NC(=O)/C(N)=C(/NC(N)=N[C@@H]1CCCC[C@@H]1N)Nc1cccc2occc12. The van der Waals surface area contributed by atoms with Crippen LogP contribution >= 0.6 is 0 Å². The third kappa shape index (κ3) is 4.32. The number of hydrogen-bond donors (Lipinski definition) is 6. The van der Waals surface area contributed by atoms with E-state index in [1.807, 2.05) is 18.2 Å². The van der Waals surface area contributed by atoms with Gasteiger partial charge in [0.05, 0.1) is 18.0 Å². The highest BCUT2D eigenvalue weighted by Gasteiger charge is 2.22. The first-order valence-corrected chi connectivity index (χ1v) is 8.84. The van der Waals surface area contributed by atoms with Crippen molar-refractivity contribution in [2.75, 3.05) is 5.32 Å². The molecule has 144 valence electrons. The number of nitrogens with two attached hydrogens (primary N) is 4. The van der Waals surface area contributed by atoms with E-state index >= 15 is 0 Å². The molecule has 1 aliphatic carbocycles. The summed E-state index contributed by atoms with van der Waals surface area (Å²) in [6, 6.07) is 7.15. The fourth-order valence-electron chi connectivity index (χ4n) is 3.17. The number of rotatable bonds is 5. The minimum atomic E-state index is -0.786. The maximum Gasteiger partial charge on any atom is 0.268 e. The van der Waals surface area contributed by atoms with Gasteiger partial charge in [0, 0.05) is 11.4 Å². The van der Waals surface area contributed by atoms with Gasteiger partial charge >= 0.3 is 0 Å². The van der Waals surface area contributed by atoms with Gasteiger partial charge in [-0.25, -0.2) is 4.99 Å². The van der Waals surface area contributed by atoms with Crippen LogP contribution in [0.3, 0.4) is 0 Å². The van der Waals surface area contributed by atoms with Crippen LogP contribution in [0.5, 0.6) is 0 Å². The number of guanidine groups is 1. The van der Waals surface area contributed by atoms with Crippen molar-refractivity contribution in [3.63, 3.8) is 0 Å². The van der Waals surface area contributed by atoms with Crippen molar-refractivity contribution in [3.8, 4) is 0 Å². The lowest BCUT2D eigenvalue weighted by Crippen LogP contribution is -2.42. The van der Waals surface area contributed by atoms with Crippen molar-refractivity contribution < 1.29 is 9.21 Å². The Labute approximate surface area is 156 Å². The molecule has 1 heterocycles. The van der Waals surface area contributed by atoms with E-state index in [1.54, 1.807) is 12.3 Å². The van der Waals surface area contributed by atoms with Crippen LogP contribution in [0.15, 0.2) is 51.5 Å². The maximum atomic E-state index is 11.6. The molecule has 3 rings (SSSR count). The standard InChI is InChI=1S/C18H25N7O2/c19-11-4-1-2-5-13(11)24-18(22)25-17(15(20)16(21)26)23-12-6-3-7-14-10(12)8-9-27-14/h3,6-9,11,13,23H,1-2,4-5,19-20H2,(H2,21,26)(H3,22,24,25)/b17-15-/t11-,13+/m0/s1. The predicted octanol–water partition coefficient (Wildman–Crippen LogP) is 0.632. The average molecular weight is 371 g/mol. The largest absolute Gasteiger partial charge is 0.464 e. The number of amides is 1. The third-order valence-electron chi connectivity index (χ3n) is 4.63. The molecular formula is C18H25N7O2. The molecule has 1 aliphatic rings. The normalized spacial score (nSPS) is 21.6. The highest BCUT2D eigenvalue weighted by Crippen LogP contribution is 2.25. The van der Waals surface area contributed by atoms with Gasteiger partial charge < -0.3 is 38.0 Å². The van der Waals surface area contributed by atoms with Gasteiger partial charge in [-0.15, -0.1) is 0 Å². The summed E-state index contributed by atoms with van der Waals surface area (Å²) in [4.78, 5) is 16.1. The van der Waals surface area contributed by atoms with Crippen LogP contribution in [-0.2, 0) is 4.79 Å². The van der Waals surface area contributed by atoms with Crippen molar-refractivity contribution in [2.24, 2.45) is 27.9 Å². The third-order valence-corrected chi connectivity index (χ3v) is 4.63. The number of carbonyl (C=O) groups is 1. The van der Waals surface area contributed by atoms with Gasteiger partial charge in [-0.1, -0.05) is 18.9 Å². The molecule has 0 saturated heterocycles. The van der Waals surface area contributed by atoms with Crippen molar-refractivity contribution in [1.82, 2.24) is 5.32 Å². The number of nitrogens with one attached hydrogen (secondary N) is 2. The molecule has 27 heavy (non-hydrogen) atoms. The van der Waals surface area contributed by atoms with Crippen LogP contribution < -0.4 is 33.6 Å². The van der Waals surface area contributed by atoms with Crippen molar-refractivity contribution >= 4 is 28.5 Å². The first-order chi connectivity index (χ1) is 13.0. The molecule has 10 N–H and O–H groups in total. The Balaban J connectivity index is 1.85. The maximum absolute atomic E-state index is 11.6. The Hall–Kier alpha value is -3.20. The smallest absolute Gasteiger partial charge is 0.268 e. The number of carbonyl (C=O) groups excluding carboxylic acids is 1. The zero-order valence-corrected chi connectivity index (χ0v) is 14.9. The zero-order valence-electron chi connectivity index (χ0n) is 14.9. The summed E-state index contributed by atoms with van der Waals surface area (Å²) >= 11 is 0. The number of fused-ring (bicyclic) bond motifs is 1. The molecule has 1 amide bonds. The van der Waals surface area contributed by atoms with E-state index in [-0.39, 0.29) is 29.6 Å². The topological polar surface area (TPSA) is 171 Å². The van der Waals surface area contributed by atoms with Gasteiger partial charge in [0.2, 0.25) is 0 Å². The Kier molecular flexibility index (Phi) is 5.51. The van der Waals surface area contributed by atoms with E-state index < -0.39 is 5.91 Å². The summed E-state index contributed by atoms with van der Waals surface area (Å²) in [5, 5.41) is 6.73. The highest BCUT2D eigenvalue weighted by molar-refractivity contribution is 5.96. The van der Waals surface area contributed by atoms with Crippen LogP contribution in [0, 0.1) is 0 Å². The minimum Gasteiger partial charge on any atom is -0.464 e. The number of aliphatic imine (C=N–C) groups is 1. The van der Waals surface area contributed by atoms with E-state index in [1.165, 1.54) is 0 Å². The lowest BCUT2D eigenvalue weighted by atomic mass is 9.91. The summed E-state index contributed by atoms with van der Waals surface area (Å²) in [7, 11) is 0. The number of anilines is 1. The van der Waals surface area contributed by atoms with Gasteiger partial charge in [0.15, 0.2) is 5.96 Å². The first kappa shape index (κ1) is 18.6. The summed E-state index contributed by atoms with van der Waals surface area (Å²) in [5.74, 6) is -0.517. The molecule has 0 unspecified atom stereocenters. The molecule has 2 atom stereocenters. The Morgan fingerprint density at radius 3 is 2.67 bits per heavy atom. The number of benzene rings is 1. The molecule has 0 aliphatic heterocycles. The minimum absolute atomic E-state index is 0.0346. The summed E-state index contributed by atoms with van der Waals surface area (Å²) in [5.41, 5.74) is 24.5. The Bertz CT molecular complexity index is 887. The van der Waals surface area contributed by atoms with Crippen molar-refractivity contribution in [3.05, 3.63) is 42.0 Å². The molecule has 1 aromatic heterocycles. The van der Waals surface area contributed by atoms with Crippen LogP contribution in [0.25, 0.3) is 11.0 Å². The monoisotopic (exact) mass is 371 g/mol. The van der Waals surface area contributed by atoms with Gasteiger partial charge in [-0.05, 0) is 31.0 Å². The van der Waals surface area contributed by atoms with Gasteiger partial charge in [-0.2, -0.15) is 0 Å². The quantitative estimate of drug-likeness (QED) is 0.254. The number of furan rings is 1. The van der Waals surface area contributed by atoms with Gasteiger partial charge in [-0.3, -0.25) is 4.79 Å². The van der Waals surface area contributed by atoms with Crippen LogP contribution in [-0.4, -0.2) is 24.0 Å². The second-order valence-electron chi connectivity index (χ2n) is 6.57. The molecule has 9 heteroatoms. The summed E-state index contributed by atoms with van der Waals surface area (Å²) < 4.78 is 5.38. The molecule has 1 fully saturated rings. The molecule has 0 radical (unpaired) electrons. The fourth-order valence-corrected chi connectivity index (χ4v) is 3.17. The number of nitrogens with zero attached hydrogens (tertiary/aromatic N) is 1.